The van der Waals surface area contributed by atoms with Crippen LogP contribution in [0.25, 0.3) is 0 Å². The summed E-state index contributed by atoms with van der Waals surface area (Å²) in [6, 6.07) is 3.47. The van der Waals surface area contributed by atoms with Crippen molar-refractivity contribution in [3.8, 4) is 5.75 Å². The lowest BCUT2D eigenvalue weighted by molar-refractivity contribution is -0.138. The summed E-state index contributed by atoms with van der Waals surface area (Å²) in [7, 11) is 1.18. The van der Waals surface area contributed by atoms with E-state index in [4.69, 9.17) is 5.90 Å². The minimum absolute atomic E-state index is 0.0362. The van der Waals surface area contributed by atoms with Gasteiger partial charge < -0.3 is 4.74 Å². The second-order valence-corrected chi connectivity index (χ2v) is 2.84. The van der Waals surface area contributed by atoms with Crippen LogP contribution < -0.4 is 10.6 Å². The van der Waals surface area contributed by atoms with Crippen molar-refractivity contribution < 1.29 is 22.7 Å². The first-order chi connectivity index (χ1) is 6.99. The maximum Gasteiger partial charge on any atom is 0.419 e. The van der Waals surface area contributed by atoms with Crippen molar-refractivity contribution in [3.05, 3.63) is 29.3 Å². The summed E-state index contributed by atoms with van der Waals surface area (Å²) < 4.78 is 41.9. The largest absolute Gasteiger partial charge is 0.496 e. The lowest BCUT2D eigenvalue weighted by Crippen LogP contribution is -2.08. The monoisotopic (exact) mass is 221 g/mol. The molecular weight excluding hydrogens is 211 g/mol. The van der Waals surface area contributed by atoms with Gasteiger partial charge in [-0.15, -0.1) is 0 Å². The fraction of sp³-hybridized carbons (Fsp3) is 0.333. The molecule has 0 saturated carbocycles. The summed E-state index contributed by atoms with van der Waals surface area (Å²) in [5.41, 5.74) is -0.298. The normalized spacial score (nSPS) is 11.5. The van der Waals surface area contributed by atoms with Gasteiger partial charge in [-0.2, -0.15) is 13.2 Å². The van der Waals surface area contributed by atoms with Crippen LogP contribution in [0.15, 0.2) is 18.2 Å². The summed E-state index contributed by atoms with van der Waals surface area (Å²) in [5, 5.41) is 0. The molecule has 84 valence electrons. The van der Waals surface area contributed by atoms with Crippen molar-refractivity contribution in [1.82, 2.24) is 0 Å². The summed E-state index contributed by atoms with van der Waals surface area (Å²) in [6.07, 6.45) is -4.42. The second kappa shape index (κ2) is 4.50. The van der Waals surface area contributed by atoms with Crippen LogP contribution >= 0.6 is 0 Å². The maximum atomic E-state index is 12.4. The molecule has 0 saturated heterocycles. The number of rotatable bonds is 3. The zero-order valence-electron chi connectivity index (χ0n) is 7.97. The van der Waals surface area contributed by atoms with E-state index in [0.717, 1.165) is 6.07 Å². The molecule has 0 unspecified atom stereocenters. The number of nitrogens with two attached hydrogens (primary N) is 1. The number of alkyl halides is 3. The third-order valence-corrected chi connectivity index (χ3v) is 1.82. The number of methoxy groups -OCH3 is 1. The molecule has 0 aliphatic heterocycles. The van der Waals surface area contributed by atoms with Crippen molar-refractivity contribution in [2.75, 3.05) is 7.11 Å². The smallest absolute Gasteiger partial charge is 0.419 e. The Hall–Kier alpha value is -1.27. The number of hydrogen-bond acceptors (Lipinski definition) is 3. The number of halogens is 3. The fourth-order valence-electron chi connectivity index (χ4n) is 1.16. The molecule has 0 aliphatic carbocycles. The molecule has 0 atom stereocenters. The first kappa shape index (κ1) is 11.8. The van der Waals surface area contributed by atoms with E-state index in [1.54, 1.807) is 0 Å². The van der Waals surface area contributed by atoms with Crippen molar-refractivity contribution in [1.29, 1.82) is 0 Å². The van der Waals surface area contributed by atoms with E-state index in [2.05, 4.69) is 9.57 Å². The Morgan fingerprint density at radius 3 is 2.47 bits per heavy atom. The highest BCUT2D eigenvalue weighted by atomic mass is 19.4. The average molecular weight is 221 g/mol. The Balaban J connectivity index is 3.09. The van der Waals surface area contributed by atoms with Crippen LogP contribution in [0.1, 0.15) is 11.1 Å². The van der Waals surface area contributed by atoms with Gasteiger partial charge in [-0.1, -0.05) is 6.07 Å². The summed E-state index contributed by atoms with van der Waals surface area (Å²) >= 11 is 0. The Bertz CT molecular complexity index is 339. The van der Waals surface area contributed by atoms with Gasteiger partial charge in [0.15, 0.2) is 0 Å². The highest BCUT2D eigenvalue weighted by Crippen LogP contribution is 2.36. The zero-order valence-corrected chi connectivity index (χ0v) is 7.97. The van der Waals surface area contributed by atoms with Gasteiger partial charge >= 0.3 is 6.18 Å². The molecule has 0 aromatic heterocycles. The van der Waals surface area contributed by atoms with Crippen LogP contribution in [-0.2, 0) is 17.6 Å². The minimum atomic E-state index is -4.42. The highest BCUT2D eigenvalue weighted by molar-refractivity contribution is 5.39. The molecule has 1 rings (SSSR count). The van der Waals surface area contributed by atoms with Gasteiger partial charge in [0, 0.05) is 0 Å². The van der Waals surface area contributed by atoms with Gasteiger partial charge in [0.05, 0.1) is 19.3 Å². The van der Waals surface area contributed by atoms with Gasteiger partial charge in [-0.25, -0.2) is 5.90 Å². The quantitative estimate of drug-likeness (QED) is 0.795. The topological polar surface area (TPSA) is 44.5 Å². The van der Waals surface area contributed by atoms with Crippen LogP contribution in [-0.4, -0.2) is 7.11 Å². The maximum absolute atomic E-state index is 12.4. The molecule has 15 heavy (non-hydrogen) atoms. The number of ether oxygens (including phenoxy) is 1. The van der Waals surface area contributed by atoms with Gasteiger partial charge in [-0.3, -0.25) is 4.84 Å². The SMILES string of the molecule is COc1cc(CON)ccc1C(F)(F)F. The Labute approximate surface area is 84.5 Å². The summed E-state index contributed by atoms with van der Waals surface area (Å²) in [4.78, 5) is 4.32. The lowest BCUT2D eigenvalue weighted by atomic mass is 10.1. The van der Waals surface area contributed by atoms with Crippen molar-refractivity contribution >= 4 is 0 Å². The molecule has 6 heteroatoms. The van der Waals surface area contributed by atoms with Crippen LogP contribution in [0.5, 0.6) is 5.75 Å². The number of hydrogen-bond donors (Lipinski definition) is 1. The number of benzene rings is 1. The van der Waals surface area contributed by atoms with Crippen molar-refractivity contribution in [2.24, 2.45) is 5.90 Å². The first-order valence-corrected chi connectivity index (χ1v) is 4.05. The first-order valence-electron chi connectivity index (χ1n) is 4.05. The van der Waals surface area contributed by atoms with E-state index < -0.39 is 11.7 Å². The molecular formula is C9H10F3NO2. The second-order valence-electron chi connectivity index (χ2n) is 2.84. The third-order valence-electron chi connectivity index (χ3n) is 1.82. The van der Waals surface area contributed by atoms with Crippen LogP contribution in [0, 0.1) is 0 Å². The molecule has 0 fully saturated rings. The molecule has 3 nitrogen and oxygen atoms in total. The Morgan fingerprint density at radius 2 is 2.00 bits per heavy atom. The van der Waals surface area contributed by atoms with Gasteiger partial charge in [0.2, 0.25) is 0 Å². The fourth-order valence-corrected chi connectivity index (χ4v) is 1.16. The molecule has 2 N–H and O–H groups in total. The third kappa shape index (κ3) is 2.84. The molecule has 0 radical (unpaired) electrons. The zero-order chi connectivity index (χ0) is 11.5. The molecule has 0 amide bonds. The Kier molecular flexibility index (Phi) is 3.54. The molecule has 0 spiro atoms. The van der Waals surface area contributed by atoms with E-state index in [1.807, 2.05) is 0 Å². The van der Waals surface area contributed by atoms with Gasteiger partial charge in [0.25, 0.3) is 0 Å². The van der Waals surface area contributed by atoms with Crippen LogP contribution in [0.3, 0.4) is 0 Å². The summed E-state index contributed by atoms with van der Waals surface area (Å²) in [5.74, 6) is 4.57. The van der Waals surface area contributed by atoms with E-state index >= 15 is 0 Å². The van der Waals surface area contributed by atoms with E-state index in [0.29, 0.717) is 5.56 Å². The molecule has 0 heterocycles. The standard InChI is InChI=1S/C9H10F3NO2/c1-14-8-4-6(5-15-13)2-3-7(8)9(10,11)12/h2-4H,5,13H2,1H3. The molecule has 0 bridgehead atoms. The molecule has 0 aliphatic rings. The molecule has 1 aromatic rings. The van der Waals surface area contributed by atoms with Gasteiger partial charge in [-0.05, 0) is 17.7 Å². The predicted molar refractivity (Wildman–Crippen MR) is 47.0 cm³/mol. The predicted octanol–water partition coefficient (Wildman–Crippen LogP) is 2.10. The Morgan fingerprint density at radius 1 is 1.33 bits per heavy atom. The average Bonchev–Trinajstić information content (AvgIpc) is 2.16. The van der Waals surface area contributed by atoms with Crippen LogP contribution in [0.4, 0.5) is 13.2 Å². The van der Waals surface area contributed by atoms with Gasteiger partial charge in [0.1, 0.15) is 5.75 Å². The lowest BCUT2D eigenvalue weighted by Gasteiger charge is -2.12. The van der Waals surface area contributed by atoms with Crippen LogP contribution in [0.2, 0.25) is 0 Å². The molecule has 1 aromatic carbocycles. The minimum Gasteiger partial charge on any atom is -0.496 e. The summed E-state index contributed by atoms with van der Waals surface area (Å²) in [6.45, 7) is 0.0362. The van der Waals surface area contributed by atoms with E-state index in [1.165, 1.54) is 19.2 Å². The highest BCUT2D eigenvalue weighted by Gasteiger charge is 2.34. The van der Waals surface area contributed by atoms with E-state index in [-0.39, 0.29) is 12.4 Å². The van der Waals surface area contributed by atoms with E-state index in [9.17, 15) is 13.2 Å². The van der Waals surface area contributed by atoms with Crippen molar-refractivity contribution in [2.45, 2.75) is 12.8 Å². The van der Waals surface area contributed by atoms with Crippen molar-refractivity contribution in [3.63, 3.8) is 0 Å².